The van der Waals surface area contributed by atoms with Crippen molar-refractivity contribution in [3.05, 3.63) is 60.2 Å². The van der Waals surface area contributed by atoms with E-state index in [1.54, 1.807) is 6.92 Å². The number of unbranched alkanes of at least 4 members (excludes halogenated alkanes) is 1. The molecule has 132 valence electrons. The van der Waals surface area contributed by atoms with Gasteiger partial charge in [-0.2, -0.15) is 0 Å². The van der Waals surface area contributed by atoms with E-state index < -0.39 is 0 Å². The van der Waals surface area contributed by atoms with E-state index in [0.717, 1.165) is 18.7 Å². The molecule has 3 nitrogen and oxygen atoms in total. The summed E-state index contributed by atoms with van der Waals surface area (Å²) < 4.78 is 0. The molecule has 0 fully saturated rings. The fraction of sp³-hybridized carbons (Fsp3) is 0.409. The Balaban J connectivity index is 2.02. The number of para-hydroxylation sites is 2. The SMILES string of the molecule is CCCCN1c2ccccc2C(N(C(C)=O)c2ccccc2)C[C@H]1C. The third-order valence-corrected chi connectivity index (χ3v) is 5.14. The maximum atomic E-state index is 12.5. The van der Waals surface area contributed by atoms with Crippen molar-refractivity contribution in [2.75, 3.05) is 16.3 Å². The lowest BCUT2D eigenvalue weighted by molar-refractivity contribution is -0.117. The Bertz CT molecular complexity index is 713. The Morgan fingerprint density at radius 3 is 2.48 bits per heavy atom. The molecule has 1 aliphatic rings. The predicted octanol–water partition coefficient (Wildman–Crippen LogP) is 5.18. The number of amides is 1. The molecule has 0 aromatic heterocycles. The van der Waals surface area contributed by atoms with Gasteiger partial charge in [0.15, 0.2) is 0 Å². The number of carbonyl (C=O) groups excluding carboxylic acids is 1. The van der Waals surface area contributed by atoms with Gasteiger partial charge < -0.3 is 9.80 Å². The number of rotatable bonds is 5. The van der Waals surface area contributed by atoms with Crippen LogP contribution in [0.1, 0.15) is 51.6 Å². The van der Waals surface area contributed by atoms with Crippen molar-refractivity contribution in [3.8, 4) is 0 Å². The molecule has 3 heteroatoms. The lowest BCUT2D eigenvalue weighted by atomic mass is 9.89. The van der Waals surface area contributed by atoms with Gasteiger partial charge in [-0.05, 0) is 43.5 Å². The summed E-state index contributed by atoms with van der Waals surface area (Å²) in [7, 11) is 0. The fourth-order valence-electron chi connectivity index (χ4n) is 3.93. The molecule has 0 bridgehead atoms. The van der Waals surface area contributed by atoms with Crippen LogP contribution < -0.4 is 9.80 Å². The van der Waals surface area contributed by atoms with Gasteiger partial charge in [-0.15, -0.1) is 0 Å². The highest BCUT2D eigenvalue weighted by Gasteiger charge is 2.34. The van der Waals surface area contributed by atoms with Crippen LogP contribution in [0.25, 0.3) is 0 Å². The quantitative estimate of drug-likeness (QED) is 0.751. The normalized spacial score (nSPS) is 19.4. The maximum Gasteiger partial charge on any atom is 0.224 e. The van der Waals surface area contributed by atoms with Crippen LogP contribution in [0, 0.1) is 0 Å². The lowest BCUT2D eigenvalue weighted by Gasteiger charge is -2.44. The zero-order valence-electron chi connectivity index (χ0n) is 15.5. The summed E-state index contributed by atoms with van der Waals surface area (Å²) in [5.74, 6) is 0.0974. The summed E-state index contributed by atoms with van der Waals surface area (Å²) in [5, 5.41) is 0. The zero-order valence-corrected chi connectivity index (χ0v) is 15.5. The highest BCUT2D eigenvalue weighted by atomic mass is 16.2. The van der Waals surface area contributed by atoms with E-state index in [4.69, 9.17) is 0 Å². The number of hydrogen-bond acceptors (Lipinski definition) is 2. The van der Waals surface area contributed by atoms with Gasteiger partial charge in [0, 0.05) is 30.9 Å². The van der Waals surface area contributed by atoms with Gasteiger partial charge in [-0.1, -0.05) is 49.7 Å². The summed E-state index contributed by atoms with van der Waals surface area (Å²) in [6, 6.07) is 19.1. The van der Waals surface area contributed by atoms with Gasteiger partial charge in [0.05, 0.1) is 6.04 Å². The summed E-state index contributed by atoms with van der Waals surface area (Å²) in [6.45, 7) is 7.26. The first-order valence-electron chi connectivity index (χ1n) is 9.34. The molecule has 25 heavy (non-hydrogen) atoms. The van der Waals surface area contributed by atoms with Crippen LogP contribution in [0.4, 0.5) is 11.4 Å². The molecule has 2 atom stereocenters. The molecule has 1 heterocycles. The van der Waals surface area contributed by atoms with Crippen LogP contribution in [-0.2, 0) is 4.79 Å². The van der Waals surface area contributed by atoms with Crippen LogP contribution in [0.3, 0.4) is 0 Å². The first-order valence-corrected chi connectivity index (χ1v) is 9.34. The van der Waals surface area contributed by atoms with Crippen LogP contribution >= 0.6 is 0 Å². The van der Waals surface area contributed by atoms with Crippen LogP contribution in [-0.4, -0.2) is 18.5 Å². The number of anilines is 2. The molecule has 2 aromatic rings. The van der Waals surface area contributed by atoms with Crippen molar-refractivity contribution in [1.82, 2.24) is 0 Å². The van der Waals surface area contributed by atoms with Gasteiger partial charge in [0.25, 0.3) is 0 Å². The first kappa shape index (κ1) is 17.5. The average molecular weight is 336 g/mol. The molecule has 2 aromatic carbocycles. The maximum absolute atomic E-state index is 12.5. The molecule has 3 rings (SSSR count). The zero-order chi connectivity index (χ0) is 17.8. The van der Waals surface area contributed by atoms with E-state index in [1.165, 1.54) is 24.1 Å². The summed E-state index contributed by atoms with van der Waals surface area (Å²) >= 11 is 0. The van der Waals surface area contributed by atoms with Crippen molar-refractivity contribution in [2.45, 2.75) is 52.1 Å². The van der Waals surface area contributed by atoms with E-state index in [-0.39, 0.29) is 11.9 Å². The lowest BCUT2D eigenvalue weighted by Crippen LogP contribution is -2.45. The fourth-order valence-corrected chi connectivity index (χ4v) is 3.93. The third kappa shape index (κ3) is 3.55. The van der Waals surface area contributed by atoms with E-state index in [9.17, 15) is 4.79 Å². The molecule has 0 aliphatic carbocycles. The Labute approximate surface area is 151 Å². The second-order valence-electron chi connectivity index (χ2n) is 6.93. The predicted molar refractivity (Wildman–Crippen MR) is 105 cm³/mol. The number of benzene rings is 2. The molecule has 1 aliphatic heterocycles. The smallest absolute Gasteiger partial charge is 0.224 e. The van der Waals surface area contributed by atoms with E-state index >= 15 is 0 Å². The van der Waals surface area contributed by atoms with Crippen molar-refractivity contribution < 1.29 is 4.79 Å². The molecular weight excluding hydrogens is 308 g/mol. The Hall–Kier alpha value is -2.29. The third-order valence-electron chi connectivity index (χ3n) is 5.14. The van der Waals surface area contributed by atoms with Crippen LogP contribution in [0.15, 0.2) is 54.6 Å². The second kappa shape index (κ2) is 7.73. The number of nitrogens with zero attached hydrogens (tertiary/aromatic N) is 2. The molecule has 1 amide bonds. The van der Waals surface area contributed by atoms with Gasteiger partial charge in [0.1, 0.15) is 0 Å². The summed E-state index contributed by atoms with van der Waals surface area (Å²) in [4.78, 5) is 17.0. The molecule has 0 N–H and O–H groups in total. The van der Waals surface area contributed by atoms with Gasteiger partial charge in [-0.3, -0.25) is 4.79 Å². The minimum atomic E-state index is 0.0870. The first-order chi connectivity index (χ1) is 12.1. The molecule has 0 radical (unpaired) electrons. The highest BCUT2D eigenvalue weighted by molar-refractivity contribution is 5.92. The van der Waals surface area contributed by atoms with Gasteiger partial charge >= 0.3 is 0 Å². The highest BCUT2D eigenvalue weighted by Crippen LogP contribution is 2.42. The summed E-state index contributed by atoms with van der Waals surface area (Å²) in [6.07, 6.45) is 3.34. The van der Waals surface area contributed by atoms with E-state index in [0.29, 0.717) is 6.04 Å². The molecule has 0 saturated heterocycles. The Morgan fingerprint density at radius 1 is 1.12 bits per heavy atom. The van der Waals surface area contributed by atoms with Crippen molar-refractivity contribution >= 4 is 17.3 Å². The van der Waals surface area contributed by atoms with Crippen molar-refractivity contribution in [3.63, 3.8) is 0 Å². The van der Waals surface area contributed by atoms with Crippen molar-refractivity contribution in [1.29, 1.82) is 0 Å². The molecular formula is C22H28N2O. The minimum Gasteiger partial charge on any atom is -0.368 e. The van der Waals surface area contributed by atoms with Crippen LogP contribution in [0.5, 0.6) is 0 Å². The molecule has 1 unspecified atom stereocenters. The molecule has 0 spiro atoms. The number of fused-ring (bicyclic) bond motifs is 1. The van der Waals surface area contributed by atoms with Crippen LogP contribution in [0.2, 0.25) is 0 Å². The number of hydrogen-bond donors (Lipinski definition) is 0. The largest absolute Gasteiger partial charge is 0.368 e. The number of carbonyl (C=O) groups is 1. The standard InChI is InChI=1S/C22H28N2O/c1-4-5-15-23-17(2)16-22(20-13-9-10-14-21(20)23)24(18(3)25)19-11-7-6-8-12-19/h6-14,17,22H,4-5,15-16H2,1-3H3/t17-,22?/m1/s1. The van der Waals surface area contributed by atoms with Gasteiger partial charge in [0.2, 0.25) is 5.91 Å². The van der Waals surface area contributed by atoms with Crippen molar-refractivity contribution in [2.24, 2.45) is 0 Å². The van der Waals surface area contributed by atoms with E-state index in [1.807, 2.05) is 35.2 Å². The Morgan fingerprint density at radius 2 is 1.80 bits per heavy atom. The topological polar surface area (TPSA) is 23.6 Å². The summed E-state index contributed by atoms with van der Waals surface area (Å²) in [5.41, 5.74) is 3.52. The van der Waals surface area contributed by atoms with Gasteiger partial charge in [-0.25, -0.2) is 0 Å². The second-order valence-corrected chi connectivity index (χ2v) is 6.93. The Kier molecular flexibility index (Phi) is 5.42. The monoisotopic (exact) mass is 336 g/mol. The average Bonchev–Trinajstić information content (AvgIpc) is 2.62. The molecule has 0 saturated carbocycles. The minimum absolute atomic E-state index is 0.0870. The van der Waals surface area contributed by atoms with E-state index in [2.05, 4.69) is 43.0 Å².